The predicted molar refractivity (Wildman–Crippen MR) is 124 cm³/mol. The molecule has 0 aliphatic heterocycles. The number of hydrogen-bond acceptors (Lipinski definition) is 5. The molecule has 2 N–H and O–H groups in total. The lowest BCUT2D eigenvalue weighted by molar-refractivity contribution is 0.106. The van der Waals surface area contributed by atoms with E-state index >= 15 is 0 Å². The van der Waals surface area contributed by atoms with E-state index in [1.807, 2.05) is 44.2 Å². The fourth-order valence-corrected chi connectivity index (χ4v) is 4.94. The predicted octanol–water partition coefficient (Wildman–Crippen LogP) is 1.66. The Kier molecular flexibility index (Phi) is 9.09. The minimum absolute atomic E-state index is 0.0496. The summed E-state index contributed by atoms with van der Waals surface area (Å²) in [5.41, 5.74) is 0.939. The first-order valence-corrected chi connectivity index (χ1v) is 11.7. The molecule has 0 fully saturated rings. The van der Waals surface area contributed by atoms with Crippen LogP contribution in [0.2, 0.25) is 0 Å². The summed E-state index contributed by atoms with van der Waals surface area (Å²) in [6.07, 6.45) is -0.699. The third-order valence-corrected chi connectivity index (χ3v) is 6.65. The molecule has 7 nitrogen and oxygen atoms in total. The van der Waals surface area contributed by atoms with Crippen LogP contribution in [0.25, 0.3) is 0 Å². The first-order chi connectivity index (χ1) is 14.6. The molecule has 0 aliphatic carbocycles. The van der Waals surface area contributed by atoms with Crippen molar-refractivity contribution in [2.45, 2.75) is 37.3 Å². The Balaban J connectivity index is 2.27. The molecule has 0 saturated heterocycles. The van der Waals surface area contributed by atoms with Gasteiger partial charge in [-0.1, -0.05) is 44.2 Å². The van der Waals surface area contributed by atoms with Crippen molar-refractivity contribution in [3.63, 3.8) is 0 Å². The van der Waals surface area contributed by atoms with Gasteiger partial charge < -0.3 is 15.2 Å². The van der Waals surface area contributed by atoms with Crippen molar-refractivity contribution in [2.75, 3.05) is 20.2 Å². The molecule has 0 bridgehead atoms. The lowest BCUT2D eigenvalue weighted by Gasteiger charge is -2.30. The summed E-state index contributed by atoms with van der Waals surface area (Å²) < 4.78 is 33.0. The maximum atomic E-state index is 13.3. The number of ether oxygens (including phenoxy) is 1. The molecular weight excluding hydrogens is 415 g/mol. The number of aliphatic hydroxyl groups is 1. The van der Waals surface area contributed by atoms with E-state index in [9.17, 15) is 18.3 Å². The maximum Gasteiger partial charge on any atom is 0.243 e. The third-order valence-electron chi connectivity index (χ3n) is 4.81. The van der Waals surface area contributed by atoms with E-state index in [1.54, 1.807) is 12.1 Å². The molecule has 0 aliphatic rings. The minimum Gasteiger partial charge on any atom is -0.497 e. The SMILES string of the molecule is BC(=O)N[C@H](Cc1ccccc1)[C@@H](O)CN(CC(C)C)S(=O)(=O)c1ccc(OC)cc1. The van der Waals surface area contributed by atoms with Crippen molar-refractivity contribution in [1.82, 2.24) is 9.62 Å². The first kappa shape index (κ1) is 24.9. The number of rotatable bonds is 11. The Bertz CT molecular complexity index is 936. The molecule has 1 amide bonds. The molecule has 2 aromatic carbocycles. The van der Waals surface area contributed by atoms with Gasteiger partial charge in [0.15, 0.2) is 5.81 Å². The van der Waals surface area contributed by atoms with Gasteiger partial charge in [-0.25, -0.2) is 8.42 Å². The molecule has 0 saturated carbocycles. The van der Waals surface area contributed by atoms with Crippen LogP contribution in [0.1, 0.15) is 19.4 Å². The van der Waals surface area contributed by atoms with E-state index in [1.165, 1.54) is 31.4 Å². The molecule has 2 aromatic rings. The van der Waals surface area contributed by atoms with Gasteiger partial charge in [0.1, 0.15) is 5.75 Å². The summed E-state index contributed by atoms with van der Waals surface area (Å²) in [4.78, 5) is 11.9. The number of hydrogen-bond donors (Lipinski definition) is 2. The van der Waals surface area contributed by atoms with E-state index in [0.717, 1.165) is 5.56 Å². The minimum atomic E-state index is -3.85. The number of carbonyl (C=O) groups is 1. The highest BCUT2D eigenvalue weighted by molar-refractivity contribution is 7.89. The van der Waals surface area contributed by atoms with E-state index in [-0.39, 0.29) is 29.7 Å². The summed E-state index contributed by atoms with van der Waals surface area (Å²) in [6, 6.07) is 15.0. The monoisotopic (exact) mass is 446 g/mol. The number of nitrogens with zero attached hydrogens (tertiary/aromatic N) is 1. The maximum absolute atomic E-state index is 13.3. The van der Waals surface area contributed by atoms with Crippen LogP contribution < -0.4 is 10.1 Å². The topological polar surface area (TPSA) is 95.9 Å². The van der Waals surface area contributed by atoms with Gasteiger partial charge in [0.25, 0.3) is 0 Å². The first-order valence-electron chi connectivity index (χ1n) is 10.3. The Morgan fingerprint density at radius 3 is 2.23 bits per heavy atom. The average molecular weight is 446 g/mol. The van der Waals surface area contributed by atoms with E-state index in [2.05, 4.69) is 5.32 Å². The van der Waals surface area contributed by atoms with Crippen LogP contribution in [0.15, 0.2) is 59.5 Å². The molecule has 2 rings (SSSR count). The van der Waals surface area contributed by atoms with Crippen LogP contribution in [-0.4, -0.2) is 63.8 Å². The summed E-state index contributed by atoms with van der Waals surface area (Å²) in [5.74, 6) is 0.324. The highest BCUT2D eigenvalue weighted by Gasteiger charge is 2.31. The largest absolute Gasteiger partial charge is 0.497 e. The van der Waals surface area contributed by atoms with Crippen LogP contribution in [0, 0.1) is 5.92 Å². The van der Waals surface area contributed by atoms with Crippen molar-refractivity contribution in [1.29, 1.82) is 0 Å². The summed E-state index contributed by atoms with van der Waals surface area (Å²) in [6.45, 7) is 3.93. The van der Waals surface area contributed by atoms with E-state index in [0.29, 0.717) is 12.2 Å². The highest BCUT2D eigenvalue weighted by atomic mass is 32.2. The fraction of sp³-hybridized carbons (Fsp3) is 0.409. The Labute approximate surface area is 185 Å². The second kappa shape index (κ2) is 11.3. The van der Waals surface area contributed by atoms with Gasteiger partial charge in [-0.05, 0) is 42.2 Å². The lowest BCUT2D eigenvalue weighted by atomic mass is 9.99. The van der Waals surface area contributed by atoms with Crippen molar-refractivity contribution < 1.29 is 23.1 Å². The number of nitrogens with one attached hydrogen (secondary N) is 1. The molecule has 0 spiro atoms. The van der Waals surface area contributed by atoms with Crippen molar-refractivity contribution in [3.05, 3.63) is 60.2 Å². The lowest BCUT2D eigenvalue weighted by Crippen LogP contribution is -2.50. The smallest absolute Gasteiger partial charge is 0.243 e. The van der Waals surface area contributed by atoms with Crippen LogP contribution >= 0.6 is 0 Å². The number of aliphatic hydroxyl groups excluding tert-OH is 1. The second-order valence-corrected chi connectivity index (χ2v) is 9.89. The zero-order valence-electron chi connectivity index (χ0n) is 18.5. The number of amides is 1. The van der Waals surface area contributed by atoms with Crippen LogP contribution in [-0.2, 0) is 16.4 Å². The molecule has 31 heavy (non-hydrogen) atoms. The van der Waals surface area contributed by atoms with Gasteiger partial charge in [0.2, 0.25) is 17.9 Å². The summed E-state index contributed by atoms with van der Waals surface area (Å²) in [5, 5.41) is 13.7. The van der Waals surface area contributed by atoms with Crippen molar-refractivity contribution in [2.24, 2.45) is 5.92 Å². The van der Waals surface area contributed by atoms with Gasteiger partial charge >= 0.3 is 0 Å². The van der Waals surface area contributed by atoms with E-state index in [4.69, 9.17) is 4.74 Å². The number of benzene rings is 2. The molecule has 0 aromatic heterocycles. The molecule has 168 valence electrons. The highest BCUT2D eigenvalue weighted by Crippen LogP contribution is 2.21. The van der Waals surface area contributed by atoms with Crippen molar-refractivity contribution in [3.8, 4) is 5.75 Å². The molecule has 2 atom stereocenters. The molecule has 0 radical (unpaired) electrons. The Hall–Kier alpha value is -2.36. The second-order valence-electron chi connectivity index (χ2n) is 7.96. The molecule has 0 heterocycles. The van der Waals surface area contributed by atoms with Crippen molar-refractivity contribution >= 4 is 23.7 Å². The van der Waals surface area contributed by atoms with Gasteiger partial charge in [-0.2, -0.15) is 4.31 Å². The number of sulfonamides is 1. The third kappa shape index (κ3) is 7.38. The average Bonchev–Trinajstić information content (AvgIpc) is 2.73. The van der Waals surface area contributed by atoms with Gasteiger partial charge in [-0.15, -0.1) is 0 Å². The van der Waals surface area contributed by atoms with Crippen LogP contribution in [0.4, 0.5) is 4.79 Å². The summed E-state index contributed by atoms with van der Waals surface area (Å²) in [7, 11) is -0.953. The zero-order chi connectivity index (χ0) is 23.0. The standard InChI is InChI=1S/C22H31BN2O5S/c1-16(2)14-25(31(28,29)19-11-9-18(30-3)10-12-19)15-21(26)20(24-22(23)27)13-17-7-5-4-6-8-17/h4-12,16,20-21,26H,13-15,23H2,1-3H3,(H,24,27)/t20-,21+/m1/s1. The van der Waals surface area contributed by atoms with Crippen LogP contribution in [0.3, 0.4) is 0 Å². The quantitative estimate of drug-likeness (QED) is 0.512. The summed E-state index contributed by atoms with van der Waals surface area (Å²) >= 11 is 0. The fourth-order valence-electron chi connectivity index (χ4n) is 3.32. The Morgan fingerprint density at radius 2 is 1.71 bits per heavy atom. The molecule has 0 unspecified atom stereocenters. The number of methoxy groups -OCH3 is 1. The van der Waals surface area contributed by atoms with E-state index < -0.39 is 22.2 Å². The van der Waals surface area contributed by atoms with Gasteiger partial charge in [0, 0.05) is 13.1 Å². The van der Waals surface area contributed by atoms with Gasteiger partial charge in [-0.3, -0.25) is 4.79 Å². The van der Waals surface area contributed by atoms with Crippen LogP contribution in [0.5, 0.6) is 5.75 Å². The van der Waals surface area contributed by atoms with Gasteiger partial charge in [0.05, 0.1) is 24.2 Å². The zero-order valence-corrected chi connectivity index (χ0v) is 19.3. The Morgan fingerprint density at radius 1 is 1.10 bits per heavy atom. The molecule has 9 heteroatoms. The normalized spacial score (nSPS) is 13.7. The molecular formula is C22H31BN2O5S. The number of carbonyl (C=O) groups excluding carboxylic acids is 1.